The molecule has 5 N–H and O–H groups in total. The monoisotopic (exact) mass is 483 g/mol. The standard InChI is InChI=1S/C25H31F2N7O/c1-32(16-23(26)27)8-9-33-14-19(15-34(29)7-6-28)24(35)22-12-21(13-30-25(22)33)31-20-10-17-4-2-3-5-18(17)11-20/h2-7,12-14,20,23,31H,8-11,15-16,28-29H2,1H3/b7-6-. The molecular weight excluding hydrogens is 452 g/mol. The number of fused-ring (bicyclic) bond motifs is 2. The van der Waals surface area contributed by atoms with E-state index in [1.807, 2.05) is 22.8 Å². The molecule has 0 bridgehead atoms. The van der Waals surface area contributed by atoms with Crippen molar-refractivity contribution in [3.63, 3.8) is 0 Å². The summed E-state index contributed by atoms with van der Waals surface area (Å²) in [6.07, 6.45) is 5.57. The van der Waals surface area contributed by atoms with Crippen LogP contribution in [0.2, 0.25) is 0 Å². The topological polar surface area (TPSA) is 105 Å². The Labute approximate surface area is 202 Å². The van der Waals surface area contributed by atoms with Gasteiger partial charge >= 0.3 is 0 Å². The Balaban J connectivity index is 1.63. The minimum absolute atomic E-state index is 0.144. The predicted molar refractivity (Wildman–Crippen MR) is 134 cm³/mol. The molecule has 186 valence electrons. The van der Waals surface area contributed by atoms with Crippen molar-refractivity contribution in [1.82, 2.24) is 19.5 Å². The number of likely N-dealkylation sites (N-methyl/N-ethyl adjacent to an activating group) is 1. The molecule has 2 heterocycles. The minimum Gasteiger partial charge on any atom is -0.403 e. The van der Waals surface area contributed by atoms with Crippen molar-refractivity contribution in [2.24, 2.45) is 11.6 Å². The summed E-state index contributed by atoms with van der Waals surface area (Å²) in [6, 6.07) is 10.4. The number of hydrogen-bond donors (Lipinski definition) is 3. The smallest absolute Gasteiger partial charge is 0.251 e. The summed E-state index contributed by atoms with van der Waals surface area (Å²) >= 11 is 0. The van der Waals surface area contributed by atoms with Crippen molar-refractivity contribution >= 4 is 16.7 Å². The number of nitrogens with one attached hydrogen (secondary N) is 1. The number of hydrazine groups is 1. The van der Waals surface area contributed by atoms with Crippen molar-refractivity contribution in [1.29, 1.82) is 0 Å². The number of aromatic nitrogens is 2. The van der Waals surface area contributed by atoms with E-state index in [2.05, 4.69) is 22.4 Å². The summed E-state index contributed by atoms with van der Waals surface area (Å²) in [5, 5.41) is 5.28. The maximum atomic E-state index is 13.3. The number of rotatable bonds is 10. The van der Waals surface area contributed by atoms with Gasteiger partial charge in [-0.15, -0.1) is 0 Å². The second kappa shape index (κ2) is 10.8. The van der Waals surface area contributed by atoms with Crippen LogP contribution in [-0.4, -0.2) is 52.1 Å². The summed E-state index contributed by atoms with van der Waals surface area (Å²) in [5.41, 5.74) is 9.62. The summed E-state index contributed by atoms with van der Waals surface area (Å²) < 4.78 is 27.3. The molecule has 0 spiro atoms. The Kier molecular flexibility index (Phi) is 7.62. The molecule has 0 radical (unpaired) electrons. The van der Waals surface area contributed by atoms with Crippen LogP contribution in [0.4, 0.5) is 14.5 Å². The number of anilines is 1. The first-order valence-corrected chi connectivity index (χ1v) is 11.6. The van der Waals surface area contributed by atoms with Gasteiger partial charge in [0.05, 0.1) is 30.4 Å². The van der Waals surface area contributed by atoms with Crippen LogP contribution in [0.5, 0.6) is 0 Å². The first-order valence-electron chi connectivity index (χ1n) is 11.6. The van der Waals surface area contributed by atoms with Gasteiger partial charge in [-0.3, -0.25) is 9.69 Å². The third kappa shape index (κ3) is 5.95. The highest BCUT2D eigenvalue weighted by atomic mass is 19.3. The predicted octanol–water partition coefficient (Wildman–Crippen LogP) is 2.28. The molecule has 10 heteroatoms. The number of pyridine rings is 2. The second-order valence-corrected chi connectivity index (χ2v) is 8.96. The molecule has 0 saturated carbocycles. The van der Waals surface area contributed by atoms with Crippen molar-refractivity contribution in [3.8, 4) is 0 Å². The molecule has 4 rings (SSSR count). The Morgan fingerprint density at radius 3 is 2.66 bits per heavy atom. The van der Waals surface area contributed by atoms with E-state index < -0.39 is 6.43 Å². The van der Waals surface area contributed by atoms with Gasteiger partial charge in [-0.05, 0) is 37.1 Å². The molecule has 0 unspecified atom stereocenters. The molecule has 1 aliphatic rings. The van der Waals surface area contributed by atoms with Crippen molar-refractivity contribution in [2.45, 2.75) is 38.4 Å². The number of nitrogens with two attached hydrogens (primary N) is 2. The average molecular weight is 484 g/mol. The zero-order chi connectivity index (χ0) is 24.9. The summed E-state index contributed by atoms with van der Waals surface area (Å²) in [6.45, 7) is 0.583. The van der Waals surface area contributed by atoms with Crippen LogP contribution in [0.1, 0.15) is 16.7 Å². The van der Waals surface area contributed by atoms with Crippen LogP contribution in [0.3, 0.4) is 0 Å². The molecule has 3 aromatic rings. The maximum Gasteiger partial charge on any atom is 0.251 e. The highest BCUT2D eigenvalue weighted by molar-refractivity contribution is 5.79. The van der Waals surface area contributed by atoms with Crippen LogP contribution in [0.15, 0.2) is 59.9 Å². The van der Waals surface area contributed by atoms with Crippen LogP contribution < -0.4 is 22.3 Å². The molecule has 35 heavy (non-hydrogen) atoms. The number of alkyl halides is 2. The van der Waals surface area contributed by atoms with Gasteiger partial charge in [-0.2, -0.15) is 0 Å². The molecule has 0 atom stereocenters. The third-order valence-corrected chi connectivity index (χ3v) is 6.21. The van der Waals surface area contributed by atoms with Crippen molar-refractivity contribution in [2.75, 3.05) is 25.5 Å². The minimum atomic E-state index is -2.41. The van der Waals surface area contributed by atoms with Crippen LogP contribution >= 0.6 is 0 Å². The average Bonchev–Trinajstić information content (AvgIpc) is 3.22. The van der Waals surface area contributed by atoms with E-state index in [9.17, 15) is 13.6 Å². The Bertz CT molecular complexity index is 1240. The third-order valence-electron chi connectivity index (χ3n) is 6.21. The van der Waals surface area contributed by atoms with E-state index in [0.29, 0.717) is 29.7 Å². The second-order valence-electron chi connectivity index (χ2n) is 8.96. The fourth-order valence-corrected chi connectivity index (χ4v) is 4.56. The molecule has 0 saturated heterocycles. The fraction of sp³-hybridized carbons (Fsp3) is 0.360. The van der Waals surface area contributed by atoms with E-state index in [1.54, 1.807) is 24.3 Å². The molecule has 0 fully saturated rings. The zero-order valence-electron chi connectivity index (χ0n) is 19.7. The molecule has 2 aromatic heterocycles. The maximum absolute atomic E-state index is 13.3. The summed E-state index contributed by atoms with van der Waals surface area (Å²) in [7, 11) is 1.64. The van der Waals surface area contributed by atoms with E-state index >= 15 is 0 Å². The van der Waals surface area contributed by atoms with E-state index in [0.717, 1.165) is 18.5 Å². The van der Waals surface area contributed by atoms with Crippen LogP contribution in [0, 0.1) is 0 Å². The molecule has 1 aromatic carbocycles. The lowest BCUT2D eigenvalue weighted by atomic mass is 10.1. The van der Waals surface area contributed by atoms with Gasteiger partial charge in [-0.25, -0.2) is 19.6 Å². The number of hydrogen-bond acceptors (Lipinski definition) is 7. The van der Waals surface area contributed by atoms with Gasteiger partial charge in [0.15, 0.2) is 5.43 Å². The first kappa shape index (κ1) is 24.6. The Hall–Kier alpha value is -3.50. The largest absolute Gasteiger partial charge is 0.403 e. The molecule has 0 aliphatic heterocycles. The van der Waals surface area contributed by atoms with Gasteiger partial charge in [0.1, 0.15) is 5.65 Å². The quantitative estimate of drug-likeness (QED) is 0.300. The zero-order valence-corrected chi connectivity index (χ0v) is 19.7. The number of halogens is 2. The van der Waals surface area contributed by atoms with Gasteiger partial charge in [-0.1, -0.05) is 24.3 Å². The molecule has 8 nitrogen and oxygen atoms in total. The van der Waals surface area contributed by atoms with Gasteiger partial charge in [0.2, 0.25) is 0 Å². The normalized spacial score (nSPS) is 13.9. The first-order chi connectivity index (χ1) is 16.8. The van der Waals surface area contributed by atoms with Crippen molar-refractivity contribution in [3.05, 3.63) is 82.0 Å². The van der Waals surface area contributed by atoms with Crippen LogP contribution in [-0.2, 0) is 25.9 Å². The van der Waals surface area contributed by atoms with Crippen molar-refractivity contribution < 1.29 is 8.78 Å². The number of benzene rings is 1. The summed E-state index contributed by atoms with van der Waals surface area (Å²) in [5.74, 6) is 5.94. The number of nitrogens with zero attached hydrogens (tertiary/aromatic N) is 4. The van der Waals surface area contributed by atoms with E-state index in [4.69, 9.17) is 11.6 Å². The highest BCUT2D eigenvalue weighted by Crippen LogP contribution is 2.25. The summed E-state index contributed by atoms with van der Waals surface area (Å²) in [4.78, 5) is 19.5. The molecule has 0 amide bonds. The van der Waals surface area contributed by atoms with Gasteiger partial charge in [0, 0.05) is 43.3 Å². The van der Waals surface area contributed by atoms with Gasteiger partial charge < -0.3 is 20.6 Å². The molecule has 1 aliphatic carbocycles. The van der Waals surface area contributed by atoms with E-state index in [-0.39, 0.29) is 24.6 Å². The fourth-order valence-electron chi connectivity index (χ4n) is 4.56. The lowest BCUT2D eigenvalue weighted by Crippen LogP contribution is -2.31. The lowest BCUT2D eigenvalue weighted by molar-refractivity contribution is 0.0989. The van der Waals surface area contributed by atoms with E-state index in [1.165, 1.54) is 28.5 Å². The van der Waals surface area contributed by atoms with Gasteiger partial charge in [0.25, 0.3) is 6.43 Å². The lowest BCUT2D eigenvalue weighted by Gasteiger charge is -2.20. The Morgan fingerprint density at radius 1 is 1.29 bits per heavy atom. The van der Waals surface area contributed by atoms with Crippen LogP contribution in [0.25, 0.3) is 11.0 Å². The molecular formula is C25H31F2N7O. The Morgan fingerprint density at radius 2 is 2.00 bits per heavy atom. The highest BCUT2D eigenvalue weighted by Gasteiger charge is 2.21. The SMILES string of the molecule is CN(CCn1cc(CN(N)/C=C\N)c(=O)c2cc(NC3Cc4ccccc4C3)cnc21)CC(F)F.